The van der Waals surface area contributed by atoms with Crippen molar-refractivity contribution in [1.29, 1.82) is 0 Å². The van der Waals surface area contributed by atoms with E-state index < -0.39 is 10.0 Å². The van der Waals surface area contributed by atoms with Gasteiger partial charge in [0.25, 0.3) is 0 Å². The topological polar surface area (TPSA) is 66.6 Å². The molecule has 20 heavy (non-hydrogen) atoms. The Morgan fingerprint density at radius 3 is 2.65 bits per heavy atom. The number of piperazine rings is 1. The van der Waals surface area contributed by atoms with Crippen LogP contribution in [-0.2, 0) is 16.6 Å². The van der Waals surface area contributed by atoms with Gasteiger partial charge in [0.1, 0.15) is 0 Å². The van der Waals surface area contributed by atoms with Crippen molar-refractivity contribution in [3.05, 3.63) is 28.8 Å². The third-order valence-electron chi connectivity index (χ3n) is 3.80. The third kappa shape index (κ3) is 2.99. The van der Waals surface area contributed by atoms with Crippen LogP contribution < -0.4 is 5.73 Å². The molecule has 7 heteroatoms. The normalized spacial score (nSPS) is 22.1. The van der Waals surface area contributed by atoms with Crippen LogP contribution in [0.1, 0.15) is 12.5 Å². The van der Waals surface area contributed by atoms with Crippen molar-refractivity contribution in [1.82, 2.24) is 9.21 Å². The number of hydrogen-bond donors (Lipinski definition) is 1. The smallest absolute Gasteiger partial charge is 0.243 e. The Balaban J connectivity index is 2.29. The second-order valence-corrected chi connectivity index (χ2v) is 7.50. The molecule has 5 nitrogen and oxygen atoms in total. The van der Waals surface area contributed by atoms with Crippen LogP contribution in [0, 0.1) is 0 Å². The van der Waals surface area contributed by atoms with Gasteiger partial charge in [0, 0.05) is 37.2 Å². The Morgan fingerprint density at radius 1 is 1.40 bits per heavy atom. The van der Waals surface area contributed by atoms with Gasteiger partial charge >= 0.3 is 0 Å². The fourth-order valence-electron chi connectivity index (χ4n) is 2.24. The molecule has 1 aromatic rings. The molecule has 0 aliphatic carbocycles. The Hall–Kier alpha value is -0.660. The Labute approximate surface area is 125 Å². The predicted octanol–water partition coefficient (Wildman–Crippen LogP) is 1.12. The van der Waals surface area contributed by atoms with Gasteiger partial charge in [-0.1, -0.05) is 17.7 Å². The van der Waals surface area contributed by atoms with Crippen molar-refractivity contribution in [2.75, 3.05) is 26.7 Å². The van der Waals surface area contributed by atoms with Crippen molar-refractivity contribution < 1.29 is 8.42 Å². The van der Waals surface area contributed by atoms with Gasteiger partial charge in [0.05, 0.1) is 4.90 Å². The molecular formula is C13H20ClN3O2S. The van der Waals surface area contributed by atoms with Crippen LogP contribution >= 0.6 is 11.6 Å². The summed E-state index contributed by atoms with van der Waals surface area (Å²) in [6, 6.07) is 4.95. The highest BCUT2D eigenvalue weighted by atomic mass is 35.5. The highest BCUT2D eigenvalue weighted by Crippen LogP contribution is 2.24. The molecule has 0 saturated carbocycles. The zero-order chi connectivity index (χ0) is 14.9. The van der Waals surface area contributed by atoms with Crippen LogP contribution in [-0.4, -0.2) is 50.3 Å². The number of benzene rings is 1. The highest BCUT2D eigenvalue weighted by molar-refractivity contribution is 7.89. The zero-order valence-corrected chi connectivity index (χ0v) is 13.3. The third-order valence-corrected chi connectivity index (χ3v) is 6.02. The van der Waals surface area contributed by atoms with Crippen molar-refractivity contribution in [2.45, 2.75) is 24.4 Å². The van der Waals surface area contributed by atoms with Crippen molar-refractivity contribution >= 4 is 21.6 Å². The summed E-state index contributed by atoms with van der Waals surface area (Å²) in [7, 11) is -1.48. The number of sulfonamides is 1. The largest absolute Gasteiger partial charge is 0.326 e. The van der Waals surface area contributed by atoms with E-state index in [4.69, 9.17) is 17.3 Å². The van der Waals surface area contributed by atoms with Crippen LogP contribution in [0.4, 0.5) is 0 Å². The molecule has 2 N–H and O–H groups in total. The molecule has 0 amide bonds. The molecule has 0 bridgehead atoms. The van der Waals surface area contributed by atoms with E-state index in [-0.39, 0.29) is 10.9 Å². The molecule has 1 saturated heterocycles. The van der Waals surface area contributed by atoms with Crippen molar-refractivity contribution in [3.8, 4) is 0 Å². The average molecular weight is 318 g/mol. The Kier molecular flexibility index (Phi) is 4.71. The lowest BCUT2D eigenvalue weighted by molar-refractivity contribution is 0.159. The summed E-state index contributed by atoms with van der Waals surface area (Å²) in [6.07, 6.45) is 0. The minimum atomic E-state index is -3.48. The molecule has 1 aliphatic heterocycles. The van der Waals surface area contributed by atoms with Crippen molar-refractivity contribution in [2.24, 2.45) is 5.73 Å². The van der Waals surface area contributed by atoms with Crippen LogP contribution in [0.15, 0.2) is 23.1 Å². The number of halogens is 1. The summed E-state index contributed by atoms with van der Waals surface area (Å²) in [5, 5.41) is 0.399. The van der Waals surface area contributed by atoms with Gasteiger partial charge in [0.15, 0.2) is 0 Å². The maximum Gasteiger partial charge on any atom is 0.243 e. The summed E-state index contributed by atoms with van der Waals surface area (Å²) in [5.41, 5.74) is 6.28. The average Bonchev–Trinajstić information content (AvgIpc) is 2.41. The Bertz CT molecular complexity index is 591. The van der Waals surface area contributed by atoms with Gasteiger partial charge in [-0.3, -0.25) is 0 Å². The lowest BCUT2D eigenvalue weighted by Gasteiger charge is -2.36. The molecule has 1 aliphatic rings. The van der Waals surface area contributed by atoms with E-state index in [2.05, 4.69) is 4.90 Å². The molecule has 112 valence electrons. The summed E-state index contributed by atoms with van der Waals surface area (Å²) >= 11 is 6.06. The number of nitrogens with two attached hydrogens (primary N) is 1. The quantitative estimate of drug-likeness (QED) is 0.907. The SMILES string of the molecule is CC1CN(S(=O)(=O)c2ccc(CN)c(Cl)c2)CCN1C. The van der Waals surface area contributed by atoms with E-state index in [0.29, 0.717) is 24.7 Å². The lowest BCUT2D eigenvalue weighted by atomic mass is 10.2. The van der Waals surface area contributed by atoms with E-state index >= 15 is 0 Å². The predicted molar refractivity (Wildman–Crippen MR) is 80.2 cm³/mol. The van der Waals surface area contributed by atoms with Gasteiger partial charge < -0.3 is 10.6 Å². The summed E-state index contributed by atoms with van der Waals surface area (Å²) in [6.45, 7) is 4.04. The summed E-state index contributed by atoms with van der Waals surface area (Å²) in [4.78, 5) is 2.38. The van der Waals surface area contributed by atoms with E-state index in [1.807, 2.05) is 14.0 Å². The van der Waals surface area contributed by atoms with Crippen LogP contribution in [0.3, 0.4) is 0 Å². The molecular weight excluding hydrogens is 298 g/mol. The Morgan fingerprint density at radius 2 is 2.10 bits per heavy atom. The molecule has 1 heterocycles. The number of nitrogens with zero attached hydrogens (tertiary/aromatic N) is 2. The van der Waals surface area contributed by atoms with Gasteiger partial charge in [-0.25, -0.2) is 8.42 Å². The minimum absolute atomic E-state index is 0.206. The number of likely N-dealkylation sites (N-methyl/N-ethyl adjacent to an activating group) is 1. The molecule has 0 aromatic heterocycles. The van der Waals surface area contributed by atoms with E-state index in [0.717, 1.165) is 12.1 Å². The van der Waals surface area contributed by atoms with E-state index in [1.54, 1.807) is 12.1 Å². The fourth-order valence-corrected chi connectivity index (χ4v) is 4.10. The van der Waals surface area contributed by atoms with Crippen molar-refractivity contribution in [3.63, 3.8) is 0 Å². The van der Waals surface area contributed by atoms with Gasteiger partial charge in [-0.2, -0.15) is 4.31 Å². The molecule has 1 aromatic carbocycles. The number of rotatable bonds is 3. The maximum absolute atomic E-state index is 12.6. The first kappa shape index (κ1) is 15.7. The molecule has 0 radical (unpaired) electrons. The van der Waals surface area contributed by atoms with Crippen LogP contribution in [0.2, 0.25) is 5.02 Å². The fraction of sp³-hybridized carbons (Fsp3) is 0.538. The number of hydrogen-bond acceptors (Lipinski definition) is 4. The monoisotopic (exact) mass is 317 g/mol. The first-order valence-electron chi connectivity index (χ1n) is 6.55. The van der Waals surface area contributed by atoms with Gasteiger partial charge in [0.2, 0.25) is 10.0 Å². The molecule has 1 fully saturated rings. The summed E-state index contributed by atoms with van der Waals surface area (Å²) in [5.74, 6) is 0. The van der Waals surface area contributed by atoms with E-state index in [9.17, 15) is 8.42 Å². The zero-order valence-electron chi connectivity index (χ0n) is 11.7. The van der Waals surface area contributed by atoms with Crippen LogP contribution in [0.25, 0.3) is 0 Å². The standard InChI is InChI=1S/C13H20ClN3O2S/c1-10-9-17(6-5-16(10)2)20(18,19)12-4-3-11(8-15)13(14)7-12/h3-4,7,10H,5-6,8-9,15H2,1-2H3. The maximum atomic E-state index is 12.6. The second-order valence-electron chi connectivity index (χ2n) is 5.15. The first-order chi connectivity index (χ1) is 9.36. The molecule has 2 rings (SSSR count). The first-order valence-corrected chi connectivity index (χ1v) is 8.37. The van der Waals surface area contributed by atoms with Gasteiger partial charge in [-0.05, 0) is 31.7 Å². The summed E-state index contributed by atoms with van der Waals surface area (Å²) < 4.78 is 26.7. The molecule has 0 spiro atoms. The van der Waals surface area contributed by atoms with E-state index in [1.165, 1.54) is 10.4 Å². The van der Waals surface area contributed by atoms with Crippen LogP contribution in [0.5, 0.6) is 0 Å². The molecule has 1 unspecified atom stereocenters. The highest BCUT2D eigenvalue weighted by Gasteiger charge is 2.31. The lowest BCUT2D eigenvalue weighted by Crippen LogP contribution is -2.51. The van der Waals surface area contributed by atoms with Gasteiger partial charge in [-0.15, -0.1) is 0 Å². The second kappa shape index (κ2) is 5.99. The minimum Gasteiger partial charge on any atom is -0.326 e. The molecule has 1 atom stereocenters.